The number of benzene rings is 2. The highest BCUT2D eigenvalue weighted by Crippen LogP contribution is 2.21. The Balaban J connectivity index is 1.67. The molecule has 1 heterocycles. The van der Waals surface area contributed by atoms with E-state index in [-0.39, 0.29) is 4.90 Å². The summed E-state index contributed by atoms with van der Waals surface area (Å²) in [6, 6.07) is 11.6. The van der Waals surface area contributed by atoms with Gasteiger partial charge in [-0.2, -0.15) is 8.78 Å². The molecule has 0 fully saturated rings. The van der Waals surface area contributed by atoms with Crippen LogP contribution in [0.5, 0.6) is 0 Å². The van der Waals surface area contributed by atoms with E-state index < -0.39 is 15.6 Å². The van der Waals surface area contributed by atoms with Gasteiger partial charge < -0.3 is 10.6 Å². The number of anilines is 1. The smallest absolute Gasteiger partial charge is 0.341 e. The fourth-order valence-electron chi connectivity index (χ4n) is 2.53. The van der Waals surface area contributed by atoms with E-state index in [1.54, 1.807) is 0 Å². The highest BCUT2D eigenvalue weighted by Gasteiger charge is 2.26. The highest BCUT2D eigenvalue weighted by atomic mass is 32.2. The molecule has 0 saturated heterocycles. The molecule has 0 unspecified atom stereocenters. The Morgan fingerprint density at radius 2 is 1.74 bits per heavy atom. The van der Waals surface area contributed by atoms with Gasteiger partial charge in [0.25, 0.3) is 0 Å². The summed E-state index contributed by atoms with van der Waals surface area (Å²) in [7, 11) is -4.54. The first-order valence-corrected chi connectivity index (χ1v) is 8.69. The van der Waals surface area contributed by atoms with Crippen LogP contribution in [0.25, 0.3) is 0 Å². The van der Waals surface area contributed by atoms with E-state index in [1.807, 2.05) is 6.07 Å². The zero-order valence-corrected chi connectivity index (χ0v) is 13.0. The molecule has 0 atom stereocenters. The number of hydrogen-bond donors (Lipinski definition) is 2. The Morgan fingerprint density at radius 3 is 2.43 bits per heavy atom. The van der Waals surface area contributed by atoms with Crippen molar-refractivity contribution in [3.05, 3.63) is 59.2 Å². The fourth-order valence-corrected chi connectivity index (χ4v) is 3.25. The molecule has 4 nitrogen and oxygen atoms in total. The predicted molar refractivity (Wildman–Crippen MR) is 83.9 cm³/mol. The van der Waals surface area contributed by atoms with Crippen LogP contribution in [0, 0.1) is 0 Å². The maximum Gasteiger partial charge on any atom is 0.341 e. The predicted octanol–water partition coefficient (Wildman–Crippen LogP) is 2.90. The van der Waals surface area contributed by atoms with Crippen LogP contribution >= 0.6 is 0 Å². The minimum absolute atomic E-state index is 0.373. The van der Waals surface area contributed by atoms with Crippen LogP contribution < -0.4 is 10.6 Å². The van der Waals surface area contributed by atoms with Crippen LogP contribution in [0.15, 0.2) is 47.4 Å². The normalized spacial score (nSPS) is 14.0. The Morgan fingerprint density at radius 1 is 1.04 bits per heavy atom. The lowest BCUT2D eigenvalue weighted by molar-refractivity contribution is 0.234. The Kier molecular flexibility index (Phi) is 4.32. The summed E-state index contributed by atoms with van der Waals surface area (Å²) in [5, 5.41) is 6.44. The van der Waals surface area contributed by atoms with Crippen molar-refractivity contribution < 1.29 is 17.2 Å². The SMILES string of the molecule is O=S(=O)(c1ccc(NCc2ccc3c(c2)CNC3)cc1)C(F)F. The number of rotatable bonds is 5. The standard InChI is InChI=1S/C16H16F2N2O2S/c17-16(18)23(21,22)15-5-3-14(4-6-15)20-8-11-1-2-12-9-19-10-13(12)7-11/h1-7,16,19-20H,8-10H2. The summed E-state index contributed by atoms with van der Waals surface area (Å²) in [5.74, 6) is -3.40. The average Bonchev–Trinajstić information content (AvgIpc) is 3.00. The summed E-state index contributed by atoms with van der Waals surface area (Å²) < 4.78 is 47.6. The van der Waals surface area contributed by atoms with Gasteiger partial charge in [-0.15, -0.1) is 0 Å². The maximum absolute atomic E-state index is 12.5. The molecule has 0 aliphatic carbocycles. The molecule has 0 saturated carbocycles. The lowest BCUT2D eigenvalue weighted by Crippen LogP contribution is -2.11. The molecule has 0 spiro atoms. The zero-order chi connectivity index (χ0) is 16.4. The molecule has 0 bridgehead atoms. The molecule has 0 amide bonds. The number of halogens is 2. The fraction of sp³-hybridized carbons (Fsp3) is 0.250. The number of nitrogens with one attached hydrogen (secondary N) is 2. The van der Waals surface area contributed by atoms with Crippen molar-refractivity contribution in [3.8, 4) is 0 Å². The minimum Gasteiger partial charge on any atom is -0.381 e. The lowest BCUT2D eigenvalue weighted by atomic mass is 10.1. The van der Waals surface area contributed by atoms with Crippen LogP contribution in [-0.4, -0.2) is 14.2 Å². The van der Waals surface area contributed by atoms with E-state index in [1.165, 1.54) is 35.4 Å². The summed E-state index contributed by atoms with van der Waals surface area (Å²) in [6.07, 6.45) is 0. The molecule has 2 aromatic carbocycles. The molecular weight excluding hydrogens is 322 g/mol. The van der Waals surface area contributed by atoms with Crippen molar-refractivity contribution in [1.29, 1.82) is 0 Å². The second-order valence-electron chi connectivity index (χ2n) is 5.39. The van der Waals surface area contributed by atoms with Crippen LogP contribution in [0.1, 0.15) is 16.7 Å². The van der Waals surface area contributed by atoms with E-state index >= 15 is 0 Å². The third-order valence-electron chi connectivity index (χ3n) is 3.82. The van der Waals surface area contributed by atoms with Crippen LogP contribution in [0.4, 0.5) is 14.5 Å². The maximum atomic E-state index is 12.5. The first kappa shape index (κ1) is 15.9. The van der Waals surface area contributed by atoms with Crippen LogP contribution in [0.2, 0.25) is 0 Å². The van der Waals surface area contributed by atoms with Crippen LogP contribution in [-0.2, 0) is 29.5 Å². The second kappa shape index (κ2) is 6.25. The molecule has 1 aliphatic rings. The largest absolute Gasteiger partial charge is 0.381 e. The molecule has 23 heavy (non-hydrogen) atoms. The molecule has 7 heteroatoms. The molecule has 2 aromatic rings. The number of alkyl halides is 2. The zero-order valence-electron chi connectivity index (χ0n) is 12.2. The van der Waals surface area contributed by atoms with Gasteiger partial charge in [-0.05, 0) is 41.0 Å². The monoisotopic (exact) mass is 338 g/mol. The first-order valence-electron chi connectivity index (χ1n) is 7.14. The van der Waals surface area contributed by atoms with Crippen molar-refractivity contribution in [2.45, 2.75) is 30.3 Å². The topological polar surface area (TPSA) is 58.2 Å². The average molecular weight is 338 g/mol. The quantitative estimate of drug-likeness (QED) is 0.880. The Bertz CT molecular complexity index is 805. The number of fused-ring (bicyclic) bond motifs is 1. The number of hydrogen-bond acceptors (Lipinski definition) is 4. The van der Waals surface area contributed by atoms with E-state index in [9.17, 15) is 17.2 Å². The Hall–Kier alpha value is -1.99. The van der Waals surface area contributed by atoms with Gasteiger partial charge in [-0.25, -0.2) is 8.42 Å². The van der Waals surface area contributed by atoms with Crippen molar-refractivity contribution in [1.82, 2.24) is 5.32 Å². The van der Waals surface area contributed by atoms with Crippen LogP contribution in [0.3, 0.4) is 0 Å². The lowest BCUT2D eigenvalue weighted by Gasteiger charge is -2.09. The van der Waals surface area contributed by atoms with Gasteiger partial charge in [0.15, 0.2) is 0 Å². The molecule has 122 valence electrons. The van der Waals surface area contributed by atoms with Crippen molar-refractivity contribution in [3.63, 3.8) is 0 Å². The molecule has 3 rings (SSSR count). The van der Waals surface area contributed by atoms with Gasteiger partial charge in [0.2, 0.25) is 9.84 Å². The van der Waals surface area contributed by atoms with E-state index in [4.69, 9.17) is 0 Å². The molecule has 1 aliphatic heterocycles. The molecular formula is C16H16F2N2O2S. The Labute approximate surface area is 133 Å². The van der Waals surface area contributed by atoms with Crippen molar-refractivity contribution in [2.75, 3.05) is 5.32 Å². The van der Waals surface area contributed by atoms with E-state index in [0.717, 1.165) is 18.7 Å². The van der Waals surface area contributed by atoms with Gasteiger partial charge in [-0.1, -0.05) is 18.2 Å². The van der Waals surface area contributed by atoms with E-state index in [0.29, 0.717) is 12.2 Å². The number of sulfone groups is 1. The summed E-state index contributed by atoms with van der Waals surface area (Å²) in [6.45, 7) is 2.33. The molecule has 0 radical (unpaired) electrons. The second-order valence-corrected chi connectivity index (χ2v) is 7.31. The third-order valence-corrected chi connectivity index (χ3v) is 5.21. The summed E-state index contributed by atoms with van der Waals surface area (Å²) in [5.41, 5.74) is 4.37. The van der Waals surface area contributed by atoms with Crippen molar-refractivity contribution in [2.24, 2.45) is 0 Å². The molecule has 2 N–H and O–H groups in total. The molecule has 0 aromatic heterocycles. The van der Waals surface area contributed by atoms with Gasteiger partial charge in [0, 0.05) is 25.3 Å². The summed E-state index contributed by atoms with van der Waals surface area (Å²) >= 11 is 0. The highest BCUT2D eigenvalue weighted by molar-refractivity contribution is 7.91. The van der Waals surface area contributed by atoms with Gasteiger partial charge in [-0.3, -0.25) is 0 Å². The first-order chi connectivity index (χ1) is 11.0. The van der Waals surface area contributed by atoms with E-state index in [2.05, 4.69) is 22.8 Å². The minimum atomic E-state index is -4.54. The van der Waals surface area contributed by atoms with Gasteiger partial charge >= 0.3 is 5.76 Å². The van der Waals surface area contributed by atoms with Gasteiger partial charge in [0.05, 0.1) is 4.90 Å². The summed E-state index contributed by atoms with van der Waals surface area (Å²) in [4.78, 5) is -0.373. The van der Waals surface area contributed by atoms with Crippen molar-refractivity contribution >= 4 is 15.5 Å². The van der Waals surface area contributed by atoms with Gasteiger partial charge in [0.1, 0.15) is 0 Å². The third kappa shape index (κ3) is 3.35.